The number of nitrogens with zero attached hydrogens (tertiary/aromatic N) is 4. The van der Waals surface area contributed by atoms with Crippen molar-refractivity contribution in [3.63, 3.8) is 0 Å². The van der Waals surface area contributed by atoms with E-state index in [0.717, 1.165) is 43.3 Å². The third-order valence-electron chi connectivity index (χ3n) is 6.78. The molecule has 6 rings (SSSR count). The molecule has 1 saturated heterocycles. The number of anilines is 1. The molecule has 34 heavy (non-hydrogen) atoms. The lowest BCUT2D eigenvalue weighted by Gasteiger charge is -2.23. The summed E-state index contributed by atoms with van der Waals surface area (Å²) in [7, 11) is 1.68. The van der Waals surface area contributed by atoms with Gasteiger partial charge in [-0.3, -0.25) is 9.59 Å². The second kappa shape index (κ2) is 8.39. The van der Waals surface area contributed by atoms with Crippen molar-refractivity contribution < 1.29 is 19.1 Å². The first-order valence-electron chi connectivity index (χ1n) is 11.9. The van der Waals surface area contributed by atoms with Crippen molar-refractivity contribution in [1.29, 1.82) is 0 Å². The third-order valence-corrected chi connectivity index (χ3v) is 6.78. The molecule has 1 N–H and O–H groups in total. The first-order chi connectivity index (χ1) is 16.6. The number of benzene rings is 1. The fourth-order valence-corrected chi connectivity index (χ4v) is 4.71. The molecule has 2 amide bonds. The third kappa shape index (κ3) is 3.69. The lowest BCUT2D eigenvalue weighted by molar-refractivity contribution is -0.120. The van der Waals surface area contributed by atoms with Gasteiger partial charge in [0, 0.05) is 25.3 Å². The first kappa shape index (κ1) is 21.1. The lowest BCUT2D eigenvalue weighted by Crippen LogP contribution is -2.49. The van der Waals surface area contributed by atoms with Crippen molar-refractivity contribution in [2.24, 2.45) is 0 Å². The Morgan fingerprint density at radius 2 is 1.97 bits per heavy atom. The SMILES string of the molecule is CN1C(=O)[C@@H](NC(=O)c2nn(C3CCCCO3)c3ccc(C4CC4)nc23)COc2ccccc21. The van der Waals surface area contributed by atoms with Gasteiger partial charge in [-0.1, -0.05) is 12.1 Å². The lowest BCUT2D eigenvalue weighted by atomic mass is 10.2. The molecule has 2 aromatic heterocycles. The van der Waals surface area contributed by atoms with Gasteiger partial charge in [0.1, 0.15) is 23.9 Å². The number of pyridine rings is 1. The van der Waals surface area contributed by atoms with E-state index in [1.165, 1.54) is 4.90 Å². The van der Waals surface area contributed by atoms with Crippen molar-refractivity contribution in [3.8, 4) is 5.75 Å². The van der Waals surface area contributed by atoms with Gasteiger partial charge in [0.2, 0.25) is 0 Å². The highest BCUT2D eigenvalue weighted by molar-refractivity contribution is 6.07. The van der Waals surface area contributed by atoms with Crippen LogP contribution in [0.3, 0.4) is 0 Å². The number of para-hydroxylation sites is 2. The molecule has 1 unspecified atom stereocenters. The van der Waals surface area contributed by atoms with Crippen LogP contribution in [0.25, 0.3) is 11.0 Å². The summed E-state index contributed by atoms with van der Waals surface area (Å²) in [6.45, 7) is 0.707. The van der Waals surface area contributed by atoms with Crippen LogP contribution in [0.1, 0.15) is 60.4 Å². The molecule has 3 aromatic rings. The van der Waals surface area contributed by atoms with Gasteiger partial charge in [0.15, 0.2) is 11.9 Å². The number of ether oxygens (including phenoxy) is 2. The number of hydrogen-bond donors (Lipinski definition) is 1. The molecule has 4 heterocycles. The second-order valence-electron chi connectivity index (χ2n) is 9.19. The van der Waals surface area contributed by atoms with Gasteiger partial charge in [0.25, 0.3) is 11.8 Å². The summed E-state index contributed by atoms with van der Waals surface area (Å²) in [5.41, 5.74) is 3.19. The van der Waals surface area contributed by atoms with Gasteiger partial charge in [-0.15, -0.1) is 0 Å². The van der Waals surface area contributed by atoms with Crippen LogP contribution in [0.15, 0.2) is 36.4 Å². The first-order valence-corrected chi connectivity index (χ1v) is 11.9. The molecule has 3 aliphatic rings. The molecular weight excluding hydrogens is 434 g/mol. The van der Waals surface area contributed by atoms with E-state index < -0.39 is 11.9 Å². The van der Waals surface area contributed by atoms with E-state index in [9.17, 15) is 9.59 Å². The molecule has 9 nitrogen and oxygen atoms in total. The smallest absolute Gasteiger partial charge is 0.274 e. The van der Waals surface area contributed by atoms with Gasteiger partial charge in [0.05, 0.1) is 11.2 Å². The van der Waals surface area contributed by atoms with E-state index in [0.29, 0.717) is 29.5 Å². The molecule has 176 valence electrons. The van der Waals surface area contributed by atoms with Crippen LogP contribution in [0.5, 0.6) is 5.75 Å². The van der Waals surface area contributed by atoms with Crippen LogP contribution >= 0.6 is 0 Å². The summed E-state index contributed by atoms with van der Waals surface area (Å²) in [6, 6.07) is 10.5. The van der Waals surface area contributed by atoms with E-state index in [1.807, 2.05) is 36.4 Å². The maximum atomic E-state index is 13.5. The minimum absolute atomic E-state index is 0.0387. The summed E-state index contributed by atoms with van der Waals surface area (Å²) < 4.78 is 13.6. The predicted molar refractivity (Wildman–Crippen MR) is 125 cm³/mol. The molecule has 1 saturated carbocycles. The average molecular weight is 462 g/mol. The zero-order valence-electron chi connectivity index (χ0n) is 19.1. The normalized spacial score (nSPS) is 22.7. The molecule has 1 aromatic carbocycles. The number of likely N-dealkylation sites (N-methyl/N-ethyl adjacent to an activating group) is 1. The number of carbonyl (C=O) groups excluding carboxylic acids is 2. The van der Waals surface area contributed by atoms with Crippen molar-refractivity contribution in [2.75, 3.05) is 25.2 Å². The van der Waals surface area contributed by atoms with E-state index in [4.69, 9.17) is 14.5 Å². The maximum absolute atomic E-state index is 13.5. The monoisotopic (exact) mass is 461 g/mol. The average Bonchev–Trinajstić information content (AvgIpc) is 3.67. The molecular formula is C25H27N5O4. The van der Waals surface area contributed by atoms with E-state index in [1.54, 1.807) is 11.7 Å². The van der Waals surface area contributed by atoms with Crippen LogP contribution < -0.4 is 15.0 Å². The molecule has 0 spiro atoms. The van der Waals surface area contributed by atoms with E-state index in [-0.39, 0.29) is 24.4 Å². The van der Waals surface area contributed by atoms with Gasteiger partial charge in [-0.05, 0) is 56.4 Å². The molecule has 0 radical (unpaired) electrons. The Morgan fingerprint density at radius 3 is 2.76 bits per heavy atom. The Morgan fingerprint density at radius 1 is 1.12 bits per heavy atom. The van der Waals surface area contributed by atoms with Crippen LogP contribution in [-0.4, -0.2) is 52.9 Å². The highest BCUT2D eigenvalue weighted by Gasteiger charge is 2.33. The standard InChI is InChI=1S/C25H27N5O4/c1-29-18-6-2-3-7-20(18)34-14-17(25(29)32)27-24(31)23-22-19(12-11-16(26-22)15-9-10-15)30(28-23)21-8-4-5-13-33-21/h2-3,6-7,11-12,15,17,21H,4-5,8-10,13-14H2,1H3,(H,27,31)/t17-,21?/m0/s1. The summed E-state index contributed by atoms with van der Waals surface area (Å²) in [4.78, 5) is 32.9. The fraction of sp³-hybridized carbons (Fsp3) is 0.440. The van der Waals surface area contributed by atoms with Gasteiger partial charge in [-0.2, -0.15) is 5.10 Å². The molecule has 2 aliphatic heterocycles. The number of rotatable bonds is 4. The van der Waals surface area contributed by atoms with Gasteiger partial charge < -0.3 is 19.7 Å². The van der Waals surface area contributed by atoms with E-state index >= 15 is 0 Å². The summed E-state index contributed by atoms with van der Waals surface area (Å²) in [5, 5.41) is 7.51. The minimum atomic E-state index is -0.845. The topological polar surface area (TPSA) is 98.6 Å². The number of carbonyl (C=O) groups is 2. The van der Waals surface area contributed by atoms with Crippen molar-refractivity contribution >= 4 is 28.5 Å². The van der Waals surface area contributed by atoms with Gasteiger partial charge >= 0.3 is 0 Å². The Hall–Kier alpha value is -3.46. The maximum Gasteiger partial charge on any atom is 0.274 e. The molecule has 2 fully saturated rings. The summed E-state index contributed by atoms with van der Waals surface area (Å²) in [6.07, 6.45) is 4.89. The Kier molecular flexibility index (Phi) is 5.21. The Labute approximate surface area is 197 Å². The van der Waals surface area contributed by atoms with Crippen LogP contribution in [-0.2, 0) is 9.53 Å². The van der Waals surface area contributed by atoms with Crippen molar-refractivity contribution in [3.05, 3.63) is 47.8 Å². The van der Waals surface area contributed by atoms with Crippen molar-refractivity contribution in [2.45, 2.75) is 50.3 Å². The number of aromatic nitrogens is 3. The minimum Gasteiger partial charge on any atom is -0.489 e. The molecule has 2 atom stereocenters. The summed E-state index contributed by atoms with van der Waals surface area (Å²) >= 11 is 0. The van der Waals surface area contributed by atoms with E-state index in [2.05, 4.69) is 10.4 Å². The fourth-order valence-electron chi connectivity index (χ4n) is 4.71. The highest BCUT2D eigenvalue weighted by Crippen LogP contribution is 2.40. The molecule has 9 heteroatoms. The van der Waals surface area contributed by atoms with Crippen molar-refractivity contribution in [1.82, 2.24) is 20.1 Å². The largest absolute Gasteiger partial charge is 0.489 e. The number of fused-ring (bicyclic) bond motifs is 2. The Balaban J connectivity index is 1.32. The van der Waals surface area contributed by atoms with Crippen LogP contribution in [0, 0.1) is 0 Å². The van der Waals surface area contributed by atoms with Crippen LogP contribution in [0.2, 0.25) is 0 Å². The quantitative estimate of drug-likeness (QED) is 0.641. The second-order valence-corrected chi connectivity index (χ2v) is 9.19. The van der Waals surface area contributed by atoms with Gasteiger partial charge in [-0.25, -0.2) is 9.67 Å². The molecule has 0 bridgehead atoms. The number of nitrogens with one attached hydrogen (secondary N) is 1. The van der Waals surface area contributed by atoms with Crippen LogP contribution in [0.4, 0.5) is 5.69 Å². The molecule has 1 aliphatic carbocycles. The highest BCUT2D eigenvalue weighted by atomic mass is 16.5. The predicted octanol–water partition coefficient (Wildman–Crippen LogP) is 3.16. The number of amides is 2. The zero-order valence-corrected chi connectivity index (χ0v) is 19.1. The summed E-state index contributed by atoms with van der Waals surface area (Å²) in [5.74, 6) is 0.360. The number of hydrogen-bond acceptors (Lipinski definition) is 6. The Bertz CT molecular complexity index is 1260. The zero-order chi connectivity index (χ0) is 23.2.